The van der Waals surface area contributed by atoms with Gasteiger partial charge in [0.2, 0.25) is 0 Å². The Labute approximate surface area is 210 Å². The van der Waals surface area contributed by atoms with E-state index in [1.807, 2.05) is 18.2 Å². The second-order valence-corrected chi connectivity index (χ2v) is 8.67. The van der Waals surface area contributed by atoms with E-state index in [4.69, 9.17) is 14.2 Å². The van der Waals surface area contributed by atoms with E-state index in [9.17, 15) is 14.4 Å². The van der Waals surface area contributed by atoms with Gasteiger partial charge in [-0.3, -0.25) is 4.79 Å². The van der Waals surface area contributed by atoms with E-state index >= 15 is 0 Å². The Morgan fingerprint density at radius 1 is 0.806 bits per heavy atom. The van der Waals surface area contributed by atoms with Gasteiger partial charge in [0, 0.05) is 23.1 Å². The van der Waals surface area contributed by atoms with E-state index < -0.39 is 5.97 Å². The van der Waals surface area contributed by atoms with Gasteiger partial charge in [-0.2, -0.15) is 0 Å². The van der Waals surface area contributed by atoms with Crippen molar-refractivity contribution in [2.75, 3.05) is 6.61 Å². The normalized spacial score (nSPS) is 14.8. The molecule has 0 bridgehead atoms. The number of cyclic esters (lactones) is 1. The first kappa shape index (κ1) is 24.9. The summed E-state index contributed by atoms with van der Waals surface area (Å²) >= 11 is 0. The lowest BCUT2D eigenvalue weighted by molar-refractivity contribution is -0.139. The van der Waals surface area contributed by atoms with Gasteiger partial charge in [0.25, 0.3) is 0 Å². The molecule has 0 aromatic heterocycles. The van der Waals surface area contributed by atoms with E-state index in [-0.39, 0.29) is 17.9 Å². The Morgan fingerprint density at radius 3 is 2.11 bits per heavy atom. The predicted octanol–water partition coefficient (Wildman–Crippen LogP) is 5.95. The van der Waals surface area contributed by atoms with Crippen LogP contribution in [0.4, 0.5) is 0 Å². The van der Waals surface area contributed by atoms with Gasteiger partial charge in [-0.15, -0.1) is 0 Å². The number of unbranched alkanes of at least 4 members (excludes halogenated alkanes) is 2. The zero-order valence-electron chi connectivity index (χ0n) is 20.0. The van der Waals surface area contributed by atoms with Crippen LogP contribution in [0.5, 0.6) is 11.5 Å². The highest BCUT2D eigenvalue weighted by Crippen LogP contribution is 2.23. The molecule has 0 N–H and O–H groups in total. The van der Waals surface area contributed by atoms with Gasteiger partial charge >= 0.3 is 11.9 Å². The van der Waals surface area contributed by atoms with Crippen LogP contribution in [0.1, 0.15) is 58.4 Å². The lowest BCUT2D eigenvalue weighted by atomic mass is 10.0. The quantitative estimate of drug-likeness (QED) is 0.110. The smallest absolute Gasteiger partial charge is 0.343 e. The van der Waals surface area contributed by atoms with Crippen molar-refractivity contribution >= 4 is 17.7 Å². The maximum Gasteiger partial charge on any atom is 0.343 e. The number of ether oxygens (including phenoxy) is 3. The summed E-state index contributed by atoms with van der Waals surface area (Å²) in [5, 5.41) is 0. The minimum absolute atomic E-state index is 0.0343. The number of hydrogen-bond donors (Lipinski definition) is 0. The summed E-state index contributed by atoms with van der Waals surface area (Å²) in [7, 11) is 0. The third-order valence-corrected chi connectivity index (χ3v) is 5.93. The Hall–Kier alpha value is -4.19. The molecule has 1 fully saturated rings. The van der Waals surface area contributed by atoms with Crippen LogP contribution < -0.4 is 9.47 Å². The van der Waals surface area contributed by atoms with E-state index in [0.29, 0.717) is 46.8 Å². The zero-order valence-corrected chi connectivity index (χ0v) is 20.0. The van der Waals surface area contributed by atoms with E-state index in [2.05, 4.69) is 6.58 Å². The van der Waals surface area contributed by atoms with Crippen molar-refractivity contribution in [3.63, 3.8) is 0 Å². The number of benzene rings is 3. The summed E-state index contributed by atoms with van der Waals surface area (Å²) in [5.41, 5.74) is 2.09. The monoisotopic (exact) mass is 484 g/mol. The Morgan fingerprint density at radius 2 is 1.44 bits per heavy atom. The van der Waals surface area contributed by atoms with Crippen LogP contribution >= 0.6 is 0 Å². The summed E-state index contributed by atoms with van der Waals surface area (Å²) in [5.74, 6) is 0.190. The minimum atomic E-state index is -0.487. The molecule has 1 heterocycles. The summed E-state index contributed by atoms with van der Waals surface area (Å²) < 4.78 is 16.4. The molecule has 1 atom stereocenters. The second kappa shape index (κ2) is 12.0. The molecule has 1 saturated heterocycles. The number of esters is 2. The van der Waals surface area contributed by atoms with Gasteiger partial charge in [0.1, 0.15) is 17.6 Å². The van der Waals surface area contributed by atoms with Crippen LogP contribution in [0.25, 0.3) is 0 Å². The van der Waals surface area contributed by atoms with E-state index in [1.165, 1.54) is 0 Å². The average molecular weight is 485 g/mol. The van der Waals surface area contributed by atoms with Crippen molar-refractivity contribution in [2.45, 2.75) is 38.2 Å². The SMILES string of the molecule is C=C1CC(CCCCCOc2ccc(C(=O)Oc3ccc(C(=O)c4ccccc4)cc3)cc2)OC1=O. The Bertz CT molecular complexity index is 1200. The fraction of sp³-hybridized carbons (Fsp3) is 0.233. The lowest BCUT2D eigenvalue weighted by Gasteiger charge is -2.09. The highest BCUT2D eigenvalue weighted by atomic mass is 16.6. The summed E-state index contributed by atoms with van der Waals surface area (Å²) in [4.78, 5) is 36.3. The molecule has 3 aromatic carbocycles. The molecule has 6 nitrogen and oxygen atoms in total. The van der Waals surface area contributed by atoms with Crippen LogP contribution in [0.3, 0.4) is 0 Å². The van der Waals surface area contributed by atoms with E-state index in [1.54, 1.807) is 60.7 Å². The van der Waals surface area contributed by atoms with Crippen LogP contribution in [-0.4, -0.2) is 30.4 Å². The maximum atomic E-state index is 12.5. The summed E-state index contributed by atoms with van der Waals surface area (Å²) in [6.07, 6.45) is 4.25. The molecule has 0 spiro atoms. The fourth-order valence-corrected chi connectivity index (χ4v) is 3.92. The highest BCUT2D eigenvalue weighted by Gasteiger charge is 2.26. The number of carbonyl (C=O) groups excluding carboxylic acids is 3. The van der Waals surface area contributed by atoms with Crippen LogP contribution in [0.2, 0.25) is 0 Å². The molecule has 1 aliphatic rings. The highest BCUT2D eigenvalue weighted by molar-refractivity contribution is 6.09. The first-order valence-electron chi connectivity index (χ1n) is 12.0. The first-order chi connectivity index (χ1) is 17.5. The molecule has 0 saturated carbocycles. The number of hydrogen-bond acceptors (Lipinski definition) is 6. The van der Waals surface area contributed by atoms with Crippen molar-refractivity contribution in [3.05, 3.63) is 108 Å². The lowest BCUT2D eigenvalue weighted by Crippen LogP contribution is -2.09. The second-order valence-electron chi connectivity index (χ2n) is 8.67. The van der Waals surface area contributed by atoms with Gasteiger partial charge in [0.15, 0.2) is 5.78 Å². The van der Waals surface area contributed by atoms with Gasteiger partial charge in [0.05, 0.1) is 12.2 Å². The molecule has 0 radical (unpaired) electrons. The van der Waals surface area contributed by atoms with Crippen LogP contribution in [0.15, 0.2) is 91.0 Å². The van der Waals surface area contributed by atoms with Crippen molar-refractivity contribution in [2.24, 2.45) is 0 Å². The predicted molar refractivity (Wildman–Crippen MR) is 135 cm³/mol. The molecule has 1 aliphatic heterocycles. The minimum Gasteiger partial charge on any atom is -0.494 e. The largest absolute Gasteiger partial charge is 0.494 e. The number of rotatable bonds is 11. The fourth-order valence-electron chi connectivity index (χ4n) is 3.92. The maximum absolute atomic E-state index is 12.5. The Balaban J connectivity index is 1.18. The number of carbonyl (C=O) groups is 3. The van der Waals surface area contributed by atoms with Gasteiger partial charge in [-0.1, -0.05) is 36.9 Å². The summed E-state index contributed by atoms with van der Waals surface area (Å²) in [6, 6.07) is 22.3. The summed E-state index contributed by atoms with van der Waals surface area (Å²) in [6.45, 7) is 4.26. The molecular formula is C30H28O6. The topological polar surface area (TPSA) is 78.9 Å². The molecule has 0 amide bonds. The van der Waals surface area contributed by atoms with Gasteiger partial charge < -0.3 is 14.2 Å². The van der Waals surface area contributed by atoms with Crippen LogP contribution in [0, 0.1) is 0 Å². The van der Waals surface area contributed by atoms with Crippen molar-refractivity contribution in [1.29, 1.82) is 0 Å². The van der Waals surface area contributed by atoms with Gasteiger partial charge in [-0.25, -0.2) is 9.59 Å². The molecule has 3 aromatic rings. The Kier molecular flexibility index (Phi) is 8.29. The van der Waals surface area contributed by atoms with Crippen LogP contribution in [-0.2, 0) is 9.53 Å². The first-order valence-corrected chi connectivity index (χ1v) is 12.0. The molecule has 184 valence electrons. The molecule has 36 heavy (non-hydrogen) atoms. The van der Waals surface area contributed by atoms with Gasteiger partial charge in [-0.05, 0) is 74.2 Å². The average Bonchev–Trinajstić information content (AvgIpc) is 3.23. The third kappa shape index (κ3) is 6.69. The van der Waals surface area contributed by atoms with Crippen molar-refractivity contribution in [3.8, 4) is 11.5 Å². The van der Waals surface area contributed by atoms with Crippen molar-refractivity contribution < 1.29 is 28.6 Å². The zero-order chi connectivity index (χ0) is 25.3. The van der Waals surface area contributed by atoms with E-state index in [0.717, 1.165) is 25.7 Å². The number of ketones is 1. The molecule has 6 heteroatoms. The molecule has 0 aliphatic carbocycles. The molecule has 1 unspecified atom stereocenters. The molecular weight excluding hydrogens is 456 g/mol. The van der Waals surface area contributed by atoms with Crippen molar-refractivity contribution in [1.82, 2.24) is 0 Å². The standard InChI is InChI=1S/C30H28O6/c1-21-20-27(36-29(21)32)10-6-3-7-19-34-25-15-13-24(14-16-25)30(33)35-26-17-11-23(12-18-26)28(31)22-8-4-2-5-9-22/h2,4-5,8-9,11-18,27H,1,3,6-7,10,19-20H2. The molecule has 4 rings (SSSR count). The third-order valence-electron chi connectivity index (χ3n) is 5.93.